The maximum atomic E-state index is 6.49. The minimum Gasteiger partial charge on any atom is -0.494 e. The summed E-state index contributed by atoms with van der Waals surface area (Å²) in [6, 6.07) is 14.1. The predicted molar refractivity (Wildman–Crippen MR) is 87.2 cm³/mol. The van der Waals surface area contributed by atoms with Crippen molar-refractivity contribution in [2.75, 3.05) is 6.61 Å². The lowest BCUT2D eigenvalue weighted by atomic mass is 9.93. The molecule has 2 rings (SSSR count). The van der Waals surface area contributed by atoms with Crippen LogP contribution in [0.1, 0.15) is 36.6 Å². The van der Waals surface area contributed by atoms with Gasteiger partial charge >= 0.3 is 0 Å². The number of aryl methyl sites for hydroxylation is 1. The molecule has 0 spiro atoms. The van der Waals surface area contributed by atoms with E-state index in [4.69, 9.17) is 10.5 Å². The van der Waals surface area contributed by atoms with Crippen LogP contribution in [0.5, 0.6) is 5.75 Å². The first-order chi connectivity index (χ1) is 9.67. The predicted octanol–water partition coefficient (Wildman–Crippen LogP) is 4.46. The molecule has 0 aliphatic rings. The van der Waals surface area contributed by atoms with Crippen LogP contribution in [0.25, 0.3) is 0 Å². The number of nitrogens with two attached hydrogens (primary N) is 1. The van der Waals surface area contributed by atoms with Crippen LogP contribution < -0.4 is 10.5 Å². The average molecular weight is 334 g/mol. The van der Waals surface area contributed by atoms with Crippen molar-refractivity contribution in [1.29, 1.82) is 0 Å². The smallest absolute Gasteiger partial charge is 0.124 e. The molecule has 3 heteroatoms. The molecular formula is C17H20BrNO. The highest BCUT2D eigenvalue weighted by molar-refractivity contribution is 9.10. The molecule has 0 saturated carbocycles. The van der Waals surface area contributed by atoms with Crippen LogP contribution in [0, 0.1) is 0 Å². The number of hydrogen-bond acceptors (Lipinski definition) is 2. The fourth-order valence-corrected chi connectivity index (χ4v) is 2.76. The molecule has 2 aromatic carbocycles. The van der Waals surface area contributed by atoms with Gasteiger partial charge in [-0.25, -0.2) is 0 Å². The molecule has 0 fully saturated rings. The SMILES string of the molecule is CCOc1ccc(Br)cc1C(N)c1ccccc1CC. The number of halogens is 1. The summed E-state index contributed by atoms with van der Waals surface area (Å²) in [5.41, 5.74) is 9.95. The molecule has 2 aromatic rings. The molecule has 0 heterocycles. The Morgan fingerprint density at radius 3 is 2.55 bits per heavy atom. The zero-order chi connectivity index (χ0) is 14.5. The third kappa shape index (κ3) is 3.22. The van der Waals surface area contributed by atoms with Crippen LogP contribution in [0.3, 0.4) is 0 Å². The third-order valence-corrected chi connectivity index (χ3v) is 3.87. The van der Waals surface area contributed by atoms with Crippen molar-refractivity contribution in [3.63, 3.8) is 0 Å². The Morgan fingerprint density at radius 1 is 1.10 bits per heavy atom. The van der Waals surface area contributed by atoms with E-state index in [9.17, 15) is 0 Å². The van der Waals surface area contributed by atoms with Crippen LogP contribution in [0.4, 0.5) is 0 Å². The molecule has 1 unspecified atom stereocenters. The Hall–Kier alpha value is -1.32. The minimum atomic E-state index is -0.176. The standard InChI is InChI=1S/C17H20BrNO/c1-3-12-7-5-6-8-14(12)17(19)15-11-13(18)9-10-16(15)20-4-2/h5-11,17H,3-4,19H2,1-2H3. The van der Waals surface area contributed by atoms with Crippen molar-refractivity contribution in [2.45, 2.75) is 26.3 Å². The van der Waals surface area contributed by atoms with Crippen LogP contribution in [-0.4, -0.2) is 6.61 Å². The number of hydrogen-bond donors (Lipinski definition) is 1. The Balaban J connectivity index is 2.46. The van der Waals surface area contributed by atoms with E-state index in [1.807, 2.05) is 31.2 Å². The van der Waals surface area contributed by atoms with Gasteiger partial charge in [0.1, 0.15) is 5.75 Å². The van der Waals surface area contributed by atoms with E-state index in [2.05, 4.69) is 41.1 Å². The largest absolute Gasteiger partial charge is 0.494 e. The summed E-state index contributed by atoms with van der Waals surface area (Å²) in [6.45, 7) is 4.77. The second-order valence-corrected chi connectivity index (χ2v) is 5.56. The van der Waals surface area contributed by atoms with Gasteiger partial charge in [-0.05, 0) is 42.7 Å². The summed E-state index contributed by atoms with van der Waals surface area (Å²) in [7, 11) is 0. The van der Waals surface area contributed by atoms with E-state index < -0.39 is 0 Å². The van der Waals surface area contributed by atoms with E-state index >= 15 is 0 Å². The van der Waals surface area contributed by atoms with Crippen LogP contribution in [0.2, 0.25) is 0 Å². The summed E-state index contributed by atoms with van der Waals surface area (Å²) in [5.74, 6) is 0.856. The molecule has 0 aromatic heterocycles. The van der Waals surface area contributed by atoms with Gasteiger partial charge in [-0.3, -0.25) is 0 Å². The van der Waals surface area contributed by atoms with Gasteiger partial charge in [0.2, 0.25) is 0 Å². The number of ether oxygens (including phenoxy) is 1. The van der Waals surface area contributed by atoms with Crippen molar-refractivity contribution in [1.82, 2.24) is 0 Å². The summed E-state index contributed by atoms with van der Waals surface area (Å²) >= 11 is 3.51. The van der Waals surface area contributed by atoms with Gasteiger partial charge in [0.25, 0.3) is 0 Å². The first kappa shape index (κ1) is 15.1. The highest BCUT2D eigenvalue weighted by Crippen LogP contribution is 2.32. The fourth-order valence-electron chi connectivity index (χ4n) is 2.38. The van der Waals surface area contributed by atoms with Gasteiger partial charge in [-0.1, -0.05) is 47.1 Å². The van der Waals surface area contributed by atoms with Crippen molar-refractivity contribution in [3.8, 4) is 5.75 Å². The van der Waals surface area contributed by atoms with E-state index in [0.717, 1.165) is 27.8 Å². The van der Waals surface area contributed by atoms with Crippen molar-refractivity contribution in [3.05, 3.63) is 63.6 Å². The molecule has 0 aliphatic carbocycles. The van der Waals surface area contributed by atoms with Gasteiger partial charge in [0.15, 0.2) is 0 Å². The molecule has 0 aliphatic heterocycles. The van der Waals surface area contributed by atoms with Crippen molar-refractivity contribution >= 4 is 15.9 Å². The molecule has 2 nitrogen and oxygen atoms in total. The van der Waals surface area contributed by atoms with Gasteiger partial charge in [-0.15, -0.1) is 0 Å². The van der Waals surface area contributed by atoms with E-state index in [0.29, 0.717) is 6.61 Å². The van der Waals surface area contributed by atoms with Gasteiger partial charge < -0.3 is 10.5 Å². The molecule has 1 atom stereocenters. The van der Waals surface area contributed by atoms with Crippen LogP contribution in [0.15, 0.2) is 46.9 Å². The Kier molecular flexibility index (Phi) is 5.21. The molecule has 106 valence electrons. The normalized spacial score (nSPS) is 12.2. The topological polar surface area (TPSA) is 35.2 Å². The first-order valence-electron chi connectivity index (χ1n) is 6.93. The molecule has 0 saturated heterocycles. The lowest BCUT2D eigenvalue weighted by Gasteiger charge is -2.19. The quantitative estimate of drug-likeness (QED) is 0.876. The number of rotatable bonds is 5. The molecule has 2 N–H and O–H groups in total. The summed E-state index contributed by atoms with van der Waals surface area (Å²) < 4.78 is 6.72. The maximum Gasteiger partial charge on any atom is 0.124 e. The lowest BCUT2D eigenvalue weighted by Crippen LogP contribution is -2.15. The van der Waals surface area contributed by atoms with Gasteiger partial charge in [0, 0.05) is 10.0 Å². The molecule has 0 radical (unpaired) electrons. The molecule has 0 bridgehead atoms. The number of benzene rings is 2. The Bertz CT molecular complexity index is 583. The monoisotopic (exact) mass is 333 g/mol. The maximum absolute atomic E-state index is 6.49. The van der Waals surface area contributed by atoms with E-state index in [1.54, 1.807) is 0 Å². The lowest BCUT2D eigenvalue weighted by molar-refractivity contribution is 0.335. The second kappa shape index (κ2) is 6.91. The molecular weight excluding hydrogens is 314 g/mol. The van der Waals surface area contributed by atoms with Gasteiger partial charge in [0.05, 0.1) is 12.6 Å². The highest BCUT2D eigenvalue weighted by Gasteiger charge is 2.17. The van der Waals surface area contributed by atoms with E-state index in [1.165, 1.54) is 5.56 Å². The summed E-state index contributed by atoms with van der Waals surface area (Å²) in [4.78, 5) is 0. The van der Waals surface area contributed by atoms with Crippen LogP contribution in [-0.2, 0) is 6.42 Å². The van der Waals surface area contributed by atoms with Crippen molar-refractivity contribution in [2.24, 2.45) is 5.73 Å². The Labute approximate surface area is 129 Å². The molecule has 0 amide bonds. The molecule has 20 heavy (non-hydrogen) atoms. The van der Waals surface area contributed by atoms with E-state index in [-0.39, 0.29) is 6.04 Å². The third-order valence-electron chi connectivity index (χ3n) is 3.38. The second-order valence-electron chi connectivity index (χ2n) is 4.65. The fraction of sp³-hybridized carbons (Fsp3) is 0.294. The summed E-state index contributed by atoms with van der Waals surface area (Å²) in [5, 5.41) is 0. The zero-order valence-corrected chi connectivity index (χ0v) is 13.5. The van der Waals surface area contributed by atoms with Crippen molar-refractivity contribution < 1.29 is 4.74 Å². The zero-order valence-electron chi connectivity index (χ0n) is 11.9. The first-order valence-corrected chi connectivity index (χ1v) is 7.72. The van der Waals surface area contributed by atoms with Crippen LogP contribution >= 0.6 is 15.9 Å². The average Bonchev–Trinajstić information content (AvgIpc) is 2.48. The Morgan fingerprint density at radius 2 is 1.85 bits per heavy atom. The van der Waals surface area contributed by atoms with Gasteiger partial charge in [-0.2, -0.15) is 0 Å². The highest BCUT2D eigenvalue weighted by atomic mass is 79.9. The summed E-state index contributed by atoms with van der Waals surface area (Å²) in [6.07, 6.45) is 0.974. The minimum absolute atomic E-state index is 0.176.